The van der Waals surface area contributed by atoms with Crippen molar-refractivity contribution in [1.29, 1.82) is 0 Å². The number of ether oxygens (including phenoxy) is 3. The van der Waals surface area contributed by atoms with E-state index in [0.717, 1.165) is 49.5 Å². The highest BCUT2D eigenvalue weighted by molar-refractivity contribution is 9.10. The molecule has 0 heterocycles. The Balaban J connectivity index is 2.60. The predicted octanol–water partition coefficient (Wildman–Crippen LogP) is 2.94. The highest BCUT2D eigenvalue weighted by atomic mass is 79.9. The van der Waals surface area contributed by atoms with E-state index in [2.05, 4.69) is 33.0 Å². The van der Waals surface area contributed by atoms with Crippen LogP contribution in [0.5, 0.6) is 5.75 Å². The Kier molecular flexibility index (Phi) is 8.85. The summed E-state index contributed by atoms with van der Waals surface area (Å²) in [4.78, 5) is 2.37. The monoisotopic (exact) mass is 345 g/mol. The zero-order chi connectivity index (χ0) is 14.8. The van der Waals surface area contributed by atoms with Gasteiger partial charge in [0.2, 0.25) is 0 Å². The molecular formula is C15H24BrNO3. The van der Waals surface area contributed by atoms with Crippen LogP contribution in [0.25, 0.3) is 0 Å². The van der Waals surface area contributed by atoms with Gasteiger partial charge in [0.15, 0.2) is 0 Å². The van der Waals surface area contributed by atoms with Gasteiger partial charge in [0, 0.05) is 40.5 Å². The first-order valence-corrected chi connectivity index (χ1v) is 7.53. The molecule has 4 nitrogen and oxygen atoms in total. The Hall–Kier alpha value is -0.620. The van der Waals surface area contributed by atoms with E-state index >= 15 is 0 Å². The fraction of sp³-hybridized carbons (Fsp3) is 0.600. The molecule has 0 aliphatic heterocycles. The van der Waals surface area contributed by atoms with Crippen molar-refractivity contribution in [2.75, 3.05) is 47.6 Å². The molecule has 1 aromatic rings. The van der Waals surface area contributed by atoms with Gasteiger partial charge < -0.3 is 14.2 Å². The fourth-order valence-electron chi connectivity index (χ4n) is 1.99. The molecule has 0 bridgehead atoms. The zero-order valence-corrected chi connectivity index (χ0v) is 14.1. The van der Waals surface area contributed by atoms with Crippen LogP contribution in [0.2, 0.25) is 0 Å². The Labute approximate surface area is 130 Å². The summed E-state index contributed by atoms with van der Waals surface area (Å²) in [5, 5.41) is 0. The van der Waals surface area contributed by atoms with Crippen LogP contribution in [-0.4, -0.2) is 52.5 Å². The molecule has 0 atom stereocenters. The van der Waals surface area contributed by atoms with Crippen molar-refractivity contribution in [2.45, 2.75) is 13.0 Å². The van der Waals surface area contributed by atoms with E-state index < -0.39 is 0 Å². The van der Waals surface area contributed by atoms with E-state index in [1.807, 2.05) is 6.07 Å². The minimum Gasteiger partial charge on any atom is -0.496 e. The summed E-state index contributed by atoms with van der Waals surface area (Å²) >= 11 is 3.53. The SMILES string of the molecule is COCCCN(CCOC)Cc1ccc(OC)c(Br)c1. The Bertz CT molecular complexity index is 387. The molecule has 0 aliphatic rings. The van der Waals surface area contributed by atoms with Gasteiger partial charge in [0.05, 0.1) is 18.2 Å². The first-order valence-electron chi connectivity index (χ1n) is 6.74. The molecule has 0 spiro atoms. The predicted molar refractivity (Wildman–Crippen MR) is 84.3 cm³/mol. The van der Waals surface area contributed by atoms with Gasteiger partial charge in [-0.3, -0.25) is 4.90 Å². The molecule has 0 amide bonds. The summed E-state index contributed by atoms with van der Waals surface area (Å²) in [6.07, 6.45) is 1.03. The first kappa shape index (κ1) is 17.4. The van der Waals surface area contributed by atoms with Crippen molar-refractivity contribution in [3.63, 3.8) is 0 Å². The third-order valence-electron chi connectivity index (χ3n) is 3.06. The molecule has 1 rings (SSSR count). The molecular weight excluding hydrogens is 322 g/mol. The van der Waals surface area contributed by atoms with Gasteiger partial charge in [-0.15, -0.1) is 0 Å². The molecule has 0 saturated heterocycles. The van der Waals surface area contributed by atoms with Gasteiger partial charge >= 0.3 is 0 Å². The number of hydrogen-bond acceptors (Lipinski definition) is 4. The van der Waals surface area contributed by atoms with E-state index in [-0.39, 0.29) is 0 Å². The summed E-state index contributed by atoms with van der Waals surface area (Å²) in [6.45, 7) is 4.35. The summed E-state index contributed by atoms with van der Waals surface area (Å²) in [6, 6.07) is 6.19. The van der Waals surface area contributed by atoms with E-state index in [1.54, 1.807) is 21.3 Å². The van der Waals surface area contributed by atoms with Gasteiger partial charge in [0.1, 0.15) is 5.75 Å². The van der Waals surface area contributed by atoms with E-state index in [1.165, 1.54) is 5.56 Å². The Morgan fingerprint density at radius 3 is 2.40 bits per heavy atom. The minimum absolute atomic E-state index is 0.740. The summed E-state index contributed by atoms with van der Waals surface area (Å²) in [7, 11) is 5.15. The standard InChI is InChI=1S/C15H24BrNO3/c1-18-9-4-7-17(8-10-19-2)12-13-5-6-15(20-3)14(16)11-13/h5-6,11H,4,7-10,12H2,1-3H3. The quantitative estimate of drug-likeness (QED) is 0.610. The van der Waals surface area contributed by atoms with Gasteiger partial charge in [-0.25, -0.2) is 0 Å². The van der Waals surface area contributed by atoms with Crippen molar-refractivity contribution in [2.24, 2.45) is 0 Å². The minimum atomic E-state index is 0.740. The number of rotatable bonds is 10. The van der Waals surface area contributed by atoms with Crippen molar-refractivity contribution >= 4 is 15.9 Å². The van der Waals surface area contributed by atoms with Crippen LogP contribution in [-0.2, 0) is 16.0 Å². The lowest BCUT2D eigenvalue weighted by atomic mass is 10.2. The molecule has 20 heavy (non-hydrogen) atoms. The smallest absolute Gasteiger partial charge is 0.133 e. The molecule has 5 heteroatoms. The second kappa shape index (κ2) is 10.2. The summed E-state index contributed by atoms with van der Waals surface area (Å²) < 4.78 is 16.5. The van der Waals surface area contributed by atoms with Crippen molar-refractivity contribution in [1.82, 2.24) is 4.90 Å². The van der Waals surface area contributed by atoms with Crippen molar-refractivity contribution in [3.8, 4) is 5.75 Å². The number of benzene rings is 1. The maximum Gasteiger partial charge on any atom is 0.133 e. The number of hydrogen-bond donors (Lipinski definition) is 0. The van der Waals surface area contributed by atoms with Crippen LogP contribution in [0, 0.1) is 0 Å². The maximum absolute atomic E-state index is 5.25. The lowest BCUT2D eigenvalue weighted by Crippen LogP contribution is -2.28. The van der Waals surface area contributed by atoms with Crippen LogP contribution in [0.15, 0.2) is 22.7 Å². The van der Waals surface area contributed by atoms with Gasteiger partial charge in [-0.05, 0) is 40.0 Å². The second-order valence-corrected chi connectivity index (χ2v) is 5.44. The van der Waals surface area contributed by atoms with Crippen LogP contribution in [0.3, 0.4) is 0 Å². The molecule has 114 valence electrons. The molecule has 0 saturated carbocycles. The van der Waals surface area contributed by atoms with E-state index in [4.69, 9.17) is 14.2 Å². The van der Waals surface area contributed by atoms with E-state index in [0.29, 0.717) is 0 Å². The van der Waals surface area contributed by atoms with Gasteiger partial charge in [0.25, 0.3) is 0 Å². The van der Waals surface area contributed by atoms with Gasteiger partial charge in [-0.2, -0.15) is 0 Å². The molecule has 0 aromatic heterocycles. The second-order valence-electron chi connectivity index (χ2n) is 4.58. The molecule has 0 unspecified atom stereocenters. The van der Waals surface area contributed by atoms with Crippen molar-refractivity contribution < 1.29 is 14.2 Å². The number of methoxy groups -OCH3 is 3. The topological polar surface area (TPSA) is 30.9 Å². The third-order valence-corrected chi connectivity index (χ3v) is 3.68. The molecule has 0 fully saturated rings. The zero-order valence-electron chi connectivity index (χ0n) is 12.5. The molecule has 0 radical (unpaired) electrons. The van der Waals surface area contributed by atoms with Crippen LogP contribution in [0.1, 0.15) is 12.0 Å². The Morgan fingerprint density at radius 2 is 1.80 bits per heavy atom. The first-order chi connectivity index (χ1) is 9.71. The highest BCUT2D eigenvalue weighted by Crippen LogP contribution is 2.26. The van der Waals surface area contributed by atoms with E-state index in [9.17, 15) is 0 Å². The normalized spacial score (nSPS) is 11.1. The fourth-order valence-corrected chi connectivity index (χ4v) is 2.58. The molecule has 0 N–H and O–H groups in total. The number of nitrogens with zero attached hydrogens (tertiary/aromatic N) is 1. The van der Waals surface area contributed by atoms with Crippen LogP contribution >= 0.6 is 15.9 Å². The number of halogens is 1. The van der Waals surface area contributed by atoms with Crippen LogP contribution in [0.4, 0.5) is 0 Å². The maximum atomic E-state index is 5.25. The Morgan fingerprint density at radius 1 is 1.05 bits per heavy atom. The van der Waals surface area contributed by atoms with Gasteiger partial charge in [-0.1, -0.05) is 6.07 Å². The third kappa shape index (κ3) is 6.22. The largest absolute Gasteiger partial charge is 0.496 e. The highest BCUT2D eigenvalue weighted by Gasteiger charge is 2.08. The average molecular weight is 346 g/mol. The van der Waals surface area contributed by atoms with Crippen LogP contribution < -0.4 is 4.74 Å². The molecule has 0 aliphatic carbocycles. The summed E-state index contributed by atoms with van der Waals surface area (Å²) in [5.41, 5.74) is 1.26. The lowest BCUT2D eigenvalue weighted by Gasteiger charge is -2.22. The average Bonchev–Trinajstić information content (AvgIpc) is 2.45. The lowest BCUT2D eigenvalue weighted by molar-refractivity contribution is 0.129. The molecule has 1 aromatic carbocycles. The van der Waals surface area contributed by atoms with Crippen molar-refractivity contribution in [3.05, 3.63) is 28.2 Å². The summed E-state index contributed by atoms with van der Waals surface area (Å²) in [5.74, 6) is 0.858.